The highest BCUT2D eigenvalue weighted by molar-refractivity contribution is 5.74. The van der Waals surface area contributed by atoms with Crippen LogP contribution in [-0.2, 0) is 16.0 Å². The molecule has 2 rings (SSSR count). The van der Waals surface area contributed by atoms with Crippen LogP contribution >= 0.6 is 0 Å². The molecule has 0 aliphatic heterocycles. The van der Waals surface area contributed by atoms with Crippen LogP contribution in [0.5, 0.6) is 0 Å². The Kier molecular flexibility index (Phi) is 3.50. The van der Waals surface area contributed by atoms with E-state index in [2.05, 4.69) is 4.98 Å². The highest BCUT2D eigenvalue weighted by Crippen LogP contribution is 2.18. The first-order valence-electron chi connectivity index (χ1n) is 5.83. The van der Waals surface area contributed by atoms with Crippen LogP contribution in [-0.4, -0.2) is 18.1 Å². The van der Waals surface area contributed by atoms with Gasteiger partial charge in [0.05, 0.1) is 18.5 Å². The number of aromatic nitrogens is 1. The van der Waals surface area contributed by atoms with Gasteiger partial charge in [-0.2, -0.15) is 0 Å². The van der Waals surface area contributed by atoms with Crippen molar-refractivity contribution in [3.8, 4) is 0 Å². The fourth-order valence-electron chi connectivity index (χ4n) is 1.96. The van der Waals surface area contributed by atoms with E-state index in [-0.39, 0.29) is 11.9 Å². The minimum atomic E-state index is -0.470. The molecule has 1 N–H and O–H groups in total. The number of aromatic amines is 1. The summed E-state index contributed by atoms with van der Waals surface area (Å²) in [6.07, 6.45) is 1.29. The summed E-state index contributed by atoms with van der Waals surface area (Å²) in [4.78, 5) is 25.1. The summed E-state index contributed by atoms with van der Waals surface area (Å²) in [7, 11) is 1.39. The zero-order chi connectivity index (χ0) is 13.1. The van der Waals surface area contributed by atoms with Gasteiger partial charge in [0.1, 0.15) is 0 Å². The van der Waals surface area contributed by atoms with E-state index in [4.69, 9.17) is 9.15 Å². The van der Waals surface area contributed by atoms with Crippen LogP contribution in [0.3, 0.4) is 0 Å². The first-order valence-corrected chi connectivity index (χ1v) is 5.83. The van der Waals surface area contributed by atoms with Crippen molar-refractivity contribution in [3.05, 3.63) is 34.3 Å². The summed E-state index contributed by atoms with van der Waals surface area (Å²) in [6.45, 7) is 1.94. The molecular formula is C13H15NO4. The van der Waals surface area contributed by atoms with Crippen molar-refractivity contribution < 1.29 is 13.9 Å². The predicted molar refractivity (Wildman–Crippen MR) is 66.3 cm³/mol. The average molecular weight is 249 g/mol. The highest BCUT2D eigenvalue weighted by atomic mass is 16.5. The summed E-state index contributed by atoms with van der Waals surface area (Å²) in [5.41, 5.74) is 2.12. The molecule has 1 aromatic heterocycles. The predicted octanol–water partition coefficient (Wildman–Crippen LogP) is 1.86. The average Bonchev–Trinajstić information content (AvgIpc) is 2.74. The van der Waals surface area contributed by atoms with Crippen LogP contribution < -0.4 is 5.76 Å². The van der Waals surface area contributed by atoms with Gasteiger partial charge in [-0.25, -0.2) is 4.79 Å². The van der Waals surface area contributed by atoms with Crippen LogP contribution in [0.4, 0.5) is 0 Å². The number of ether oxygens (including phenoxy) is 1. The van der Waals surface area contributed by atoms with Crippen molar-refractivity contribution in [2.24, 2.45) is 5.92 Å². The molecule has 0 bridgehead atoms. The molecule has 5 nitrogen and oxygen atoms in total. The molecule has 5 heteroatoms. The van der Waals surface area contributed by atoms with Gasteiger partial charge in [0.25, 0.3) is 0 Å². The summed E-state index contributed by atoms with van der Waals surface area (Å²) in [6, 6.07) is 5.43. The minimum Gasteiger partial charge on any atom is -0.469 e. The third-order valence-electron chi connectivity index (χ3n) is 2.99. The molecule has 0 aliphatic rings. The molecule has 0 radical (unpaired) electrons. The topological polar surface area (TPSA) is 72.3 Å². The summed E-state index contributed by atoms with van der Waals surface area (Å²) in [5.74, 6) is -0.853. The Hall–Kier alpha value is -2.04. The molecule has 96 valence electrons. The monoisotopic (exact) mass is 249 g/mol. The van der Waals surface area contributed by atoms with Crippen molar-refractivity contribution in [1.29, 1.82) is 0 Å². The van der Waals surface area contributed by atoms with Gasteiger partial charge in [0, 0.05) is 0 Å². The Morgan fingerprint density at radius 3 is 2.94 bits per heavy atom. The number of nitrogens with one attached hydrogen (secondary N) is 1. The number of carbonyl (C=O) groups excluding carboxylic acids is 1. The third kappa shape index (κ3) is 2.45. The van der Waals surface area contributed by atoms with Crippen LogP contribution in [0, 0.1) is 5.92 Å². The Balaban J connectivity index is 2.25. The van der Waals surface area contributed by atoms with Gasteiger partial charge in [-0.1, -0.05) is 13.0 Å². The smallest absolute Gasteiger partial charge is 0.417 e. The second-order valence-electron chi connectivity index (χ2n) is 4.18. The van der Waals surface area contributed by atoms with Gasteiger partial charge in [-0.15, -0.1) is 0 Å². The number of oxazole rings is 1. The van der Waals surface area contributed by atoms with Crippen LogP contribution in [0.15, 0.2) is 27.4 Å². The molecule has 2 aromatic rings. The SMILES string of the molecule is CCC(Cc1ccc2[nH]c(=O)oc2c1)C(=O)OC. The zero-order valence-corrected chi connectivity index (χ0v) is 10.4. The van der Waals surface area contributed by atoms with Gasteiger partial charge in [0.15, 0.2) is 5.58 Å². The van der Waals surface area contributed by atoms with E-state index >= 15 is 0 Å². The number of fused-ring (bicyclic) bond motifs is 1. The standard InChI is InChI=1S/C13H15NO4/c1-3-9(12(15)17-2)6-8-4-5-10-11(7-8)18-13(16)14-10/h4-5,7,9H,3,6H2,1-2H3,(H,14,16). The molecule has 1 aromatic carbocycles. The lowest BCUT2D eigenvalue weighted by molar-refractivity contribution is -0.145. The highest BCUT2D eigenvalue weighted by Gasteiger charge is 2.17. The molecule has 0 spiro atoms. The van der Waals surface area contributed by atoms with Crippen molar-refractivity contribution in [2.75, 3.05) is 7.11 Å². The Bertz CT molecular complexity index is 611. The van der Waals surface area contributed by atoms with Gasteiger partial charge in [0.2, 0.25) is 0 Å². The molecule has 0 saturated carbocycles. The van der Waals surface area contributed by atoms with E-state index in [9.17, 15) is 9.59 Å². The second kappa shape index (κ2) is 5.08. The molecule has 0 fully saturated rings. The minimum absolute atomic E-state index is 0.168. The number of rotatable bonds is 4. The number of esters is 1. The third-order valence-corrected chi connectivity index (χ3v) is 2.99. The maximum Gasteiger partial charge on any atom is 0.417 e. The van der Waals surface area contributed by atoms with Gasteiger partial charge in [-0.05, 0) is 30.5 Å². The first-order chi connectivity index (χ1) is 8.63. The molecule has 0 aliphatic carbocycles. The van der Waals surface area contributed by atoms with Crippen LogP contribution in [0.25, 0.3) is 11.1 Å². The fourth-order valence-corrected chi connectivity index (χ4v) is 1.96. The Labute approximate surface area is 104 Å². The number of hydrogen-bond acceptors (Lipinski definition) is 4. The summed E-state index contributed by atoms with van der Waals surface area (Å²) >= 11 is 0. The molecule has 18 heavy (non-hydrogen) atoms. The normalized spacial score (nSPS) is 12.6. The number of methoxy groups -OCH3 is 1. The summed E-state index contributed by atoms with van der Waals surface area (Å²) < 4.78 is 9.73. The van der Waals surface area contributed by atoms with E-state index in [1.165, 1.54) is 7.11 Å². The lowest BCUT2D eigenvalue weighted by Gasteiger charge is -2.11. The molecule has 0 saturated heterocycles. The molecule has 1 atom stereocenters. The largest absolute Gasteiger partial charge is 0.469 e. The van der Waals surface area contributed by atoms with Crippen molar-refractivity contribution >= 4 is 17.1 Å². The fraction of sp³-hybridized carbons (Fsp3) is 0.385. The maximum atomic E-state index is 11.5. The number of hydrogen-bond donors (Lipinski definition) is 1. The number of benzene rings is 1. The van der Waals surface area contributed by atoms with Crippen molar-refractivity contribution in [1.82, 2.24) is 4.98 Å². The van der Waals surface area contributed by atoms with E-state index in [0.717, 1.165) is 5.56 Å². The Morgan fingerprint density at radius 2 is 2.28 bits per heavy atom. The van der Waals surface area contributed by atoms with Gasteiger partial charge in [-0.3, -0.25) is 9.78 Å². The molecule has 1 unspecified atom stereocenters. The zero-order valence-electron chi connectivity index (χ0n) is 10.4. The van der Waals surface area contributed by atoms with Crippen molar-refractivity contribution in [2.45, 2.75) is 19.8 Å². The van der Waals surface area contributed by atoms with Crippen LogP contribution in [0.2, 0.25) is 0 Å². The maximum absolute atomic E-state index is 11.5. The summed E-state index contributed by atoms with van der Waals surface area (Å²) in [5, 5.41) is 0. The van der Waals surface area contributed by atoms with Gasteiger partial charge >= 0.3 is 11.7 Å². The van der Waals surface area contributed by atoms with Gasteiger partial charge < -0.3 is 9.15 Å². The number of carbonyl (C=O) groups is 1. The van der Waals surface area contributed by atoms with E-state index < -0.39 is 5.76 Å². The van der Waals surface area contributed by atoms with E-state index in [0.29, 0.717) is 23.9 Å². The van der Waals surface area contributed by atoms with E-state index in [1.54, 1.807) is 12.1 Å². The van der Waals surface area contributed by atoms with Crippen molar-refractivity contribution in [3.63, 3.8) is 0 Å². The molecule has 0 amide bonds. The molecule has 1 heterocycles. The van der Waals surface area contributed by atoms with E-state index in [1.807, 2.05) is 13.0 Å². The lowest BCUT2D eigenvalue weighted by Crippen LogP contribution is -2.17. The quantitative estimate of drug-likeness (QED) is 0.839. The number of H-pyrrole nitrogens is 1. The second-order valence-corrected chi connectivity index (χ2v) is 4.18. The Morgan fingerprint density at radius 1 is 1.50 bits per heavy atom. The molecular weight excluding hydrogens is 234 g/mol. The van der Waals surface area contributed by atoms with Crippen LogP contribution in [0.1, 0.15) is 18.9 Å². The first kappa shape index (κ1) is 12.4. The lowest BCUT2D eigenvalue weighted by atomic mass is 9.97.